The summed E-state index contributed by atoms with van der Waals surface area (Å²) in [6.45, 7) is 0.621. The van der Waals surface area contributed by atoms with Crippen molar-refractivity contribution in [3.05, 3.63) is 29.8 Å². The van der Waals surface area contributed by atoms with Crippen molar-refractivity contribution in [1.82, 2.24) is 5.32 Å². The number of hydrogen-bond donors (Lipinski definition) is 1. The molecule has 1 amide bonds. The Hall–Kier alpha value is -2.02. The normalized spacial score (nSPS) is 9.61. The van der Waals surface area contributed by atoms with Gasteiger partial charge in [-0.2, -0.15) is 5.26 Å². The average molecular weight is 245 g/mol. The highest BCUT2D eigenvalue weighted by Gasteiger charge is 2.04. The van der Waals surface area contributed by atoms with E-state index in [-0.39, 0.29) is 5.91 Å². The molecule has 0 aliphatic rings. The lowest BCUT2D eigenvalue weighted by Gasteiger charge is -2.12. The molecule has 0 fully saturated rings. The van der Waals surface area contributed by atoms with Crippen LogP contribution in [-0.2, 0) is 0 Å². The molecule has 0 bridgehead atoms. The maximum atomic E-state index is 11.8. The van der Waals surface area contributed by atoms with Gasteiger partial charge in [-0.3, -0.25) is 4.79 Å². The van der Waals surface area contributed by atoms with Crippen molar-refractivity contribution in [2.24, 2.45) is 0 Å². The van der Waals surface area contributed by atoms with Crippen LogP contribution in [0.1, 0.15) is 29.6 Å². The van der Waals surface area contributed by atoms with Crippen LogP contribution in [0.4, 0.5) is 5.69 Å². The molecular formula is C14H19N3O. The van der Waals surface area contributed by atoms with Gasteiger partial charge in [0.25, 0.3) is 5.91 Å². The van der Waals surface area contributed by atoms with Crippen molar-refractivity contribution in [2.75, 3.05) is 25.5 Å². The Morgan fingerprint density at radius 1 is 1.28 bits per heavy atom. The summed E-state index contributed by atoms with van der Waals surface area (Å²) in [5.74, 6) is -0.0581. The molecule has 0 aliphatic carbocycles. The Labute approximate surface area is 108 Å². The van der Waals surface area contributed by atoms with E-state index in [1.807, 2.05) is 43.3 Å². The molecule has 0 saturated carbocycles. The van der Waals surface area contributed by atoms with E-state index in [1.165, 1.54) is 0 Å². The molecule has 4 nitrogen and oxygen atoms in total. The number of nitrogens with zero attached hydrogens (tertiary/aromatic N) is 2. The van der Waals surface area contributed by atoms with E-state index in [1.54, 1.807) is 0 Å². The van der Waals surface area contributed by atoms with Crippen molar-refractivity contribution >= 4 is 11.6 Å². The van der Waals surface area contributed by atoms with E-state index in [9.17, 15) is 4.79 Å². The maximum Gasteiger partial charge on any atom is 0.251 e. The van der Waals surface area contributed by atoms with Crippen molar-refractivity contribution in [3.8, 4) is 6.07 Å². The molecular weight excluding hydrogens is 226 g/mol. The predicted octanol–water partition coefficient (Wildman–Crippen LogP) is 2.18. The van der Waals surface area contributed by atoms with E-state index in [4.69, 9.17) is 5.26 Å². The molecule has 0 heterocycles. The summed E-state index contributed by atoms with van der Waals surface area (Å²) in [6, 6.07) is 9.57. The molecule has 1 rings (SSSR count). The summed E-state index contributed by atoms with van der Waals surface area (Å²) in [4.78, 5) is 13.8. The number of nitrogens with one attached hydrogen (secondary N) is 1. The first-order valence-corrected chi connectivity index (χ1v) is 6.07. The molecule has 0 atom stereocenters. The predicted molar refractivity (Wildman–Crippen MR) is 72.6 cm³/mol. The van der Waals surface area contributed by atoms with Crippen LogP contribution in [0.15, 0.2) is 24.3 Å². The molecule has 1 aromatic carbocycles. The monoisotopic (exact) mass is 245 g/mol. The first-order valence-electron chi connectivity index (χ1n) is 6.07. The summed E-state index contributed by atoms with van der Waals surface area (Å²) >= 11 is 0. The second kappa shape index (κ2) is 7.33. The van der Waals surface area contributed by atoms with E-state index in [0.717, 1.165) is 18.5 Å². The van der Waals surface area contributed by atoms with E-state index in [0.29, 0.717) is 18.5 Å². The zero-order valence-corrected chi connectivity index (χ0v) is 10.9. The van der Waals surface area contributed by atoms with Crippen LogP contribution >= 0.6 is 0 Å². The fourth-order valence-electron chi connectivity index (χ4n) is 1.54. The van der Waals surface area contributed by atoms with Gasteiger partial charge in [-0.05, 0) is 37.1 Å². The van der Waals surface area contributed by atoms with E-state index >= 15 is 0 Å². The van der Waals surface area contributed by atoms with Gasteiger partial charge in [-0.1, -0.05) is 0 Å². The lowest BCUT2D eigenvalue weighted by Crippen LogP contribution is -2.24. The van der Waals surface area contributed by atoms with Gasteiger partial charge in [-0.25, -0.2) is 0 Å². The van der Waals surface area contributed by atoms with Crippen LogP contribution in [0, 0.1) is 11.3 Å². The van der Waals surface area contributed by atoms with Crippen molar-refractivity contribution in [1.29, 1.82) is 5.26 Å². The quantitative estimate of drug-likeness (QED) is 0.781. The SMILES string of the molecule is CN(C)c1ccc(C(=O)NCCCCC#N)cc1. The molecule has 0 radical (unpaired) electrons. The van der Waals surface area contributed by atoms with Crippen LogP contribution in [0.2, 0.25) is 0 Å². The van der Waals surface area contributed by atoms with Crippen LogP contribution in [0.3, 0.4) is 0 Å². The zero-order chi connectivity index (χ0) is 13.4. The highest BCUT2D eigenvalue weighted by Crippen LogP contribution is 2.12. The number of nitriles is 1. The van der Waals surface area contributed by atoms with Gasteiger partial charge in [0.05, 0.1) is 6.07 Å². The maximum absolute atomic E-state index is 11.8. The minimum atomic E-state index is -0.0581. The fourth-order valence-corrected chi connectivity index (χ4v) is 1.54. The smallest absolute Gasteiger partial charge is 0.251 e. The highest BCUT2D eigenvalue weighted by molar-refractivity contribution is 5.94. The van der Waals surface area contributed by atoms with Gasteiger partial charge in [0.1, 0.15) is 0 Å². The average Bonchev–Trinajstić information content (AvgIpc) is 2.38. The molecule has 1 N–H and O–H groups in total. The molecule has 0 aliphatic heterocycles. The summed E-state index contributed by atoms with van der Waals surface area (Å²) in [5, 5.41) is 11.2. The fraction of sp³-hybridized carbons (Fsp3) is 0.429. The number of carbonyl (C=O) groups is 1. The van der Waals surface area contributed by atoms with Gasteiger partial charge < -0.3 is 10.2 Å². The Morgan fingerprint density at radius 2 is 1.94 bits per heavy atom. The lowest BCUT2D eigenvalue weighted by molar-refractivity contribution is 0.0953. The van der Waals surface area contributed by atoms with Crippen LogP contribution in [0.25, 0.3) is 0 Å². The minimum absolute atomic E-state index is 0.0581. The third-order valence-electron chi connectivity index (χ3n) is 2.65. The first kappa shape index (κ1) is 14.0. The number of unbranched alkanes of at least 4 members (excludes halogenated alkanes) is 2. The second-order valence-corrected chi connectivity index (χ2v) is 4.31. The first-order chi connectivity index (χ1) is 8.65. The largest absolute Gasteiger partial charge is 0.378 e. The summed E-state index contributed by atoms with van der Waals surface area (Å²) in [7, 11) is 3.93. The van der Waals surface area contributed by atoms with Gasteiger partial charge in [0, 0.05) is 38.3 Å². The topological polar surface area (TPSA) is 56.1 Å². The molecule has 4 heteroatoms. The number of anilines is 1. The lowest BCUT2D eigenvalue weighted by atomic mass is 10.2. The molecule has 1 aromatic rings. The molecule has 18 heavy (non-hydrogen) atoms. The Kier molecular flexibility index (Phi) is 5.72. The number of hydrogen-bond acceptors (Lipinski definition) is 3. The summed E-state index contributed by atoms with van der Waals surface area (Å²) in [5.41, 5.74) is 1.74. The third kappa shape index (κ3) is 4.46. The van der Waals surface area contributed by atoms with Crippen molar-refractivity contribution in [3.63, 3.8) is 0 Å². The standard InChI is InChI=1S/C14H19N3O/c1-17(2)13-8-6-12(7-9-13)14(18)16-11-5-3-4-10-15/h6-9H,3-5,11H2,1-2H3,(H,16,18). The minimum Gasteiger partial charge on any atom is -0.378 e. The Morgan fingerprint density at radius 3 is 2.50 bits per heavy atom. The Bertz CT molecular complexity index is 418. The van der Waals surface area contributed by atoms with Gasteiger partial charge in [-0.15, -0.1) is 0 Å². The van der Waals surface area contributed by atoms with Crippen LogP contribution in [-0.4, -0.2) is 26.5 Å². The number of rotatable bonds is 6. The summed E-state index contributed by atoms with van der Waals surface area (Å²) in [6.07, 6.45) is 2.22. The molecule has 0 aromatic heterocycles. The zero-order valence-electron chi connectivity index (χ0n) is 10.9. The number of amides is 1. The van der Waals surface area contributed by atoms with Gasteiger partial charge in [0.2, 0.25) is 0 Å². The number of carbonyl (C=O) groups excluding carboxylic acids is 1. The van der Waals surface area contributed by atoms with Crippen LogP contribution in [0.5, 0.6) is 0 Å². The molecule has 0 unspecified atom stereocenters. The third-order valence-corrected chi connectivity index (χ3v) is 2.65. The van der Waals surface area contributed by atoms with E-state index in [2.05, 4.69) is 11.4 Å². The molecule has 0 spiro atoms. The molecule has 96 valence electrons. The van der Waals surface area contributed by atoms with Crippen LogP contribution < -0.4 is 10.2 Å². The van der Waals surface area contributed by atoms with Crippen molar-refractivity contribution in [2.45, 2.75) is 19.3 Å². The van der Waals surface area contributed by atoms with E-state index < -0.39 is 0 Å². The highest BCUT2D eigenvalue weighted by atomic mass is 16.1. The number of benzene rings is 1. The van der Waals surface area contributed by atoms with Gasteiger partial charge >= 0.3 is 0 Å². The van der Waals surface area contributed by atoms with Gasteiger partial charge in [0.15, 0.2) is 0 Å². The molecule has 0 saturated heterocycles. The second-order valence-electron chi connectivity index (χ2n) is 4.31. The Balaban J connectivity index is 2.40. The summed E-state index contributed by atoms with van der Waals surface area (Å²) < 4.78 is 0. The van der Waals surface area contributed by atoms with Crippen molar-refractivity contribution < 1.29 is 4.79 Å².